The van der Waals surface area contributed by atoms with E-state index in [4.69, 9.17) is 17.0 Å². The Hall–Kier alpha value is -0.130. The van der Waals surface area contributed by atoms with E-state index in [0.717, 1.165) is 12.3 Å². The second kappa shape index (κ2) is 4.79. The minimum atomic E-state index is -0.376. The van der Waals surface area contributed by atoms with Crippen LogP contribution in [0.2, 0.25) is 0 Å². The van der Waals surface area contributed by atoms with Gasteiger partial charge in [0.05, 0.1) is 10.8 Å². The van der Waals surface area contributed by atoms with Crippen LogP contribution in [0.1, 0.15) is 6.92 Å². The fraction of sp³-hybridized carbons (Fsp3) is 0.714. The molecule has 1 fully saturated rings. The quantitative estimate of drug-likeness (QED) is 0.527. The topological polar surface area (TPSA) is 38.3 Å². The first-order valence-electron chi connectivity index (χ1n) is 3.82. The Labute approximate surface area is 81.2 Å². The Morgan fingerprint density at radius 2 is 2.67 bits per heavy atom. The molecule has 0 spiro atoms. The van der Waals surface area contributed by atoms with E-state index in [1.807, 2.05) is 0 Å². The number of thioether (sulfide) groups is 1. The Kier molecular flexibility index (Phi) is 3.97. The lowest BCUT2D eigenvalue weighted by atomic mass is 10.3. The van der Waals surface area contributed by atoms with Gasteiger partial charge in [0.15, 0.2) is 0 Å². The molecule has 3 nitrogen and oxygen atoms in total. The molecule has 0 aromatic carbocycles. The maximum atomic E-state index is 11.2. The molecule has 68 valence electrons. The third-order valence-electron chi connectivity index (χ3n) is 1.45. The van der Waals surface area contributed by atoms with Crippen molar-refractivity contribution in [2.75, 3.05) is 18.9 Å². The average molecular weight is 205 g/mol. The maximum Gasteiger partial charge on any atom is 0.329 e. The molecule has 1 atom stereocenters. The molecule has 1 heterocycles. The highest BCUT2D eigenvalue weighted by atomic mass is 32.2. The Balaban J connectivity index is 2.48. The first kappa shape index (κ1) is 9.95. The summed E-state index contributed by atoms with van der Waals surface area (Å²) in [5.74, 6) is 0.684. The summed E-state index contributed by atoms with van der Waals surface area (Å²) in [4.78, 5) is 11.2. The van der Waals surface area contributed by atoms with Gasteiger partial charge in [0.1, 0.15) is 6.04 Å². The number of hydrogen-bond donors (Lipinski definition) is 1. The molecular formula is C7H11NO2S2. The molecule has 1 saturated heterocycles. The van der Waals surface area contributed by atoms with Gasteiger partial charge in [0.25, 0.3) is 0 Å². The predicted octanol–water partition coefficient (Wildman–Crippen LogP) is 0.582. The number of carbonyl (C=O) groups is 1. The van der Waals surface area contributed by atoms with Crippen LogP contribution in [0, 0.1) is 0 Å². The summed E-state index contributed by atoms with van der Waals surface area (Å²) in [6.07, 6.45) is 0. The van der Waals surface area contributed by atoms with Gasteiger partial charge in [-0.3, -0.25) is 5.32 Å². The van der Waals surface area contributed by atoms with Gasteiger partial charge in [-0.25, -0.2) is 4.79 Å². The van der Waals surface area contributed by atoms with Gasteiger partial charge in [-0.2, -0.15) is 0 Å². The first-order valence-corrected chi connectivity index (χ1v) is 5.21. The summed E-state index contributed by atoms with van der Waals surface area (Å²) >= 11 is 6.57. The molecule has 0 aliphatic carbocycles. The summed E-state index contributed by atoms with van der Waals surface area (Å²) in [5, 5.41) is 3.02. The summed E-state index contributed by atoms with van der Waals surface area (Å²) in [6, 6.07) is -0.376. The van der Waals surface area contributed by atoms with Crippen LogP contribution in [0.15, 0.2) is 0 Å². The van der Waals surface area contributed by atoms with Crippen LogP contribution >= 0.6 is 24.0 Å². The molecule has 0 aromatic heterocycles. The van der Waals surface area contributed by atoms with E-state index in [1.54, 1.807) is 18.7 Å². The average Bonchev–Trinajstić information content (AvgIpc) is 2.05. The normalized spacial score (nSPS) is 23.8. The molecule has 1 aliphatic heterocycles. The van der Waals surface area contributed by atoms with Crippen LogP contribution in [0.3, 0.4) is 0 Å². The predicted molar refractivity (Wildman–Crippen MR) is 53.5 cm³/mol. The molecule has 1 rings (SSSR count). The summed E-state index contributed by atoms with van der Waals surface area (Å²) in [6.45, 7) is 3.01. The van der Waals surface area contributed by atoms with Crippen molar-refractivity contribution in [2.45, 2.75) is 13.0 Å². The molecule has 0 radical (unpaired) electrons. The number of thiocarbonyl (C=S) groups is 1. The fourth-order valence-corrected chi connectivity index (χ4v) is 2.12. The fourth-order valence-electron chi connectivity index (χ4n) is 0.927. The van der Waals surface area contributed by atoms with Crippen LogP contribution in [0.25, 0.3) is 0 Å². The molecule has 0 aromatic rings. The van der Waals surface area contributed by atoms with E-state index in [2.05, 4.69) is 5.32 Å². The van der Waals surface area contributed by atoms with E-state index in [9.17, 15) is 4.79 Å². The molecule has 1 unspecified atom stereocenters. The van der Waals surface area contributed by atoms with Crippen molar-refractivity contribution in [3.8, 4) is 0 Å². The molecule has 12 heavy (non-hydrogen) atoms. The smallest absolute Gasteiger partial charge is 0.329 e. The van der Waals surface area contributed by atoms with E-state index >= 15 is 0 Å². The lowest BCUT2D eigenvalue weighted by Gasteiger charge is -2.21. The summed E-state index contributed by atoms with van der Waals surface area (Å²) in [7, 11) is 0. The number of esters is 1. The summed E-state index contributed by atoms with van der Waals surface area (Å²) < 4.78 is 5.54. The van der Waals surface area contributed by atoms with Gasteiger partial charge in [0.2, 0.25) is 0 Å². The lowest BCUT2D eigenvalue weighted by Crippen LogP contribution is -2.46. The number of nitrogens with one attached hydrogen (secondary N) is 1. The zero-order valence-corrected chi connectivity index (χ0v) is 8.46. The molecule has 0 amide bonds. The van der Waals surface area contributed by atoms with Gasteiger partial charge in [-0.05, 0) is 6.92 Å². The third-order valence-corrected chi connectivity index (χ3v) is 2.97. The Morgan fingerprint density at radius 1 is 1.92 bits per heavy atom. The van der Waals surface area contributed by atoms with Gasteiger partial charge in [-0.15, -0.1) is 11.8 Å². The monoisotopic (exact) mass is 205 g/mol. The van der Waals surface area contributed by atoms with E-state index in [1.165, 1.54) is 0 Å². The second-order valence-corrected chi connectivity index (χ2v) is 4.14. The van der Waals surface area contributed by atoms with Crippen molar-refractivity contribution in [1.29, 1.82) is 0 Å². The van der Waals surface area contributed by atoms with Crippen molar-refractivity contribution < 1.29 is 9.53 Å². The highest BCUT2D eigenvalue weighted by molar-refractivity contribution is 8.23. The van der Waals surface area contributed by atoms with Crippen LogP contribution in [-0.4, -0.2) is 35.1 Å². The van der Waals surface area contributed by atoms with Gasteiger partial charge >= 0.3 is 5.97 Å². The van der Waals surface area contributed by atoms with Crippen LogP contribution in [0.5, 0.6) is 0 Å². The number of ether oxygens (including phenoxy) is 1. The third kappa shape index (κ3) is 2.43. The Bertz CT molecular complexity index is 196. The lowest BCUT2D eigenvalue weighted by molar-refractivity contribution is -0.143. The molecule has 1 aliphatic rings. The van der Waals surface area contributed by atoms with Gasteiger partial charge < -0.3 is 4.74 Å². The van der Waals surface area contributed by atoms with Crippen LogP contribution in [0.4, 0.5) is 0 Å². The summed E-state index contributed by atoms with van der Waals surface area (Å²) in [5.41, 5.74) is 0. The number of hydrogen-bond acceptors (Lipinski definition) is 5. The number of carbonyl (C=O) groups excluding carboxylic acids is 1. The van der Waals surface area contributed by atoms with Crippen molar-refractivity contribution in [3.05, 3.63) is 0 Å². The van der Waals surface area contributed by atoms with Crippen LogP contribution in [-0.2, 0) is 9.53 Å². The largest absolute Gasteiger partial charge is 0.465 e. The van der Waals surface area contributed by atoms with Gasteiger partial charge in [-0.1, -0.05) is 12.2 Å². The van der Waals surface area contributed by atoms with Crippen molar-refractivity contribution in [3.63, 3.8) is 0 Å². The molecular weight excluding hydrogens is 194 g/mol. The molecule has 1 N–H and O–H groups in total. The van der Waals surface area contributed by atoms with Crippen molar-refractivity contribution >= 4 is 34.1 Å². The van der Waals surface area contributed by atoms with E-state index < -0.39 is 0 Å². The van der Waals surface area contributed by atoms with Crippen molar-refractivity contribution in [2.24, 2.45) is 0 Å². The first-order chi connectivity index (χ1) is 5.75. The standard InChI is InChI=1S/C7H11NO2S2/c1-2-10-6(9)5-7(11)12-4-3-8-5/h5,8H,2-4H2,1H3. The maximum absolute atomic E-state index is 11.2. The minimum Gasteiger partial charge on any atom is -0.465 e. The van der Waals surface area contributed by atoms with Crippen LogP contribution < -0.4 is 5.32 Å². The SMILES string of the molecule is CCOC(=O)C1NCCSC1=S. The zero-order chi connectivity index (χ0) is 8.97. The Morgan fingerprint density at radius 3 is 3.25 bits per heavy atom. The van der Waals surface area contributed by atoms with Crippen molar-refractivity contribution in [1.82, 2.24) is 5.32 Å². The van der Waals surface area contributed by atoms with Gasteiger partial charge in [0, 0.05) is 12.3 Å². The highest BCUT2D eigenvalue weighted by Gasteiger charge is 2.26. The molecule has 0 saturated carbocycles. The highest BCUT2D eigenvalue weighted by Crippen LogP contribution is 2.13. The second-order valence-electron chi connectivity index (χ2n) is 2.31. The molecule has 0 bridgehead atoms. The molecule has 5 heteroatoms. The van der Waals surface area contributed by atoms with E-state index in [-0.39, 0.29) is 12.0 Å². The zero-order valence-electron chi connectivity index (χ0n) is 6.83. The van der Waals surface area contributed by atoms with E-state index in [0.29, 0.717) is 10.8 Å². The minimum absolute atomic E-state index is 0.255. The number of rotatable bonds is 2.